The summed E-state index contributed by atoms with van der Waals surface area (Å²) >= 11 is 1.58. The minimum absolute atomic E-state index is 0.0176. The predicted molar refractivity (Wildman–Crippen MR) is 218 cm³/mol. The third-order valence-corrected chi connectivity index (χ3v) is 12.3. The van der Waals surface area contributed by atoms with Crippen molar-refractivity contribution in [3.05, 3.63) is 201 Å². The molecule has 0 fully saturated rings. The van der Waals surface area contributed by atoms with Crippen molar-refractivity contribution in [2.75, 3.05) is 4.90 Å². The molecule has 0 saturated carbocycles. The van der Waals surface area contributed by atoms with E-state index in [0.29, 0.717) is 0 Å². The molecule has 0 aliphatic carbocycles. The average Bonchev–Trinajstić information content (AvgIpc) is 3.87. The Balaban J connectivity index is 1.28. The van der Waals surface area contributed by atoms with Gasteiger partial charge in [-0.25, -0.2) is 0 Å². The standard InChI is InChI=1S/C48H28N2O2S/c51-47-36-28-53-27-35(36)33-16-11-20-39-45(33)50(47)42-22-8-6-19-38(42)48(39)37-18-5-7-21-41(37)49(30-12-2-1-3-13-30)43-25-24-29(26-40(43)48)31-15-10-17-34-32-14-4-9-23-44(32)52-46(31)34/h1-28H. The van der Waals surface area contributed by atoms with Crippen LogP contribution in [-0.4, -0.2) is 4.57 Å². The average molecular weight is 697 g/mol. The minimum Gasteiger partial charge on any atom is -0.455 e. The van der Waals surface area contributed by atoms with Crippen molar-refractivity contribution < 1.29 is 4.42 Å². The van der Waals surface area contributed by atoms with Crippen LogP contribution in [0.1, 0.15) is 22.3 Å². The number of benzene rings is 7. The molecule has 0 amide bonds. The van der Waals surface area contributed by atoms with Gasteiger partial charge in [0.1, 0.15) is 11.2 Å². The van der Waals surface area contributed by atoms with Gasteiger partial charge in [-0.2, -0.15) is 11.3 Å². The summed E-state index contributed by atoms with van der Waals surface area (Å²) < 4.78 is 8.59. The molecule has 4 nitrogen and oxygen atoms in total. The minimum atomic E-state index is -0.763. The molecule has 0 bridgehead atoms. The van der Waals surface area contributed by atoms with E-state index in [-0.39, 0.29) is 5.56 Å². The number of pyridine rings is 1. The summed E-state index contributed by atoms with van der Waals surface area (Å²) in [5, 5.41) is 9.17. The second-order valence-corrected chi connectivity index (χ2v) is 14.8. The summed E-state index contributed by atoms with van der Waals surface area (Å²) in [4.78, 5) is 17.0. The zero-order chi connectivity index (χ0) is 34.8. The molecule has 3 aromatic heterocycles. The first kappa shape index (κ1) is 28.9. The Bertz CT molecular complexity index is 3230. The van der Waals surface area contributed by atoms with Gasteiger partial charge in [0.15, 0.2) is 0 Å². The molecule has 0 N–H and O–H groups in total. The van der Waals surface area contributed by atoms with Crippen molar-refractivity contribution in [3.8, 4) is 16.8 Å². The van der Waals surface area contributed by atoms with Gasteiger partial charge in [0, 0.05) is 38.2 Å². The Hall–Kier alpha value is -6.69. The van der Waals surface area contributed by atoms with E-state index in [2.05, 4.69) is 156 Å². The first-order chi connectivity index (χ1) is 26.2. The maximum Gasteiger partial charge on any atom is 0.264 e. The second-order valence-electron chi connectivity index (χ2n) is 14.0. The highest BCUT2D eigenvalue weighted by Crippen LogP contribution is 2.61. The van der Waals surface area contributed by atoms with Crippen LogP contribution in [0.2, 0.25) is 0 Å². The van der Waals surface area contributed by atoms with Crippen molar-refractivity contribution in [3.63, 3.8) is 0 Å². The highest BCUT2D eigenvalue weighted by Gasteiger charge is 2.51. The number of nitrogens with zero attached hydrogens (tertiary/aromatic N) is 2. The van der Waals surface area contributed by atoms with Crippen LogP contribution in [0.25, 0.3) is 60.4 Å². The van der Waals surface area contributed by atoms with Gasteiger partial charge in [-0.3, -0.25) is 9.36 Å². The fraction of sp³-hybridized carbons (Fsp3) is 0.0208. The van der Waals surface area contributed by atoms with Gasteiger partial charge < -0.3 is 9.32 Å². The van der Waals surface area contributed by atoms with E-state index in [1.807, 2.05) is 22.1 Å². The van der Waals surface area contributed by atoms with E-state index >= 15 is 0 Å². The Kier molecular flexibility index (Phi) is 5.70. The Morgan fingerprint density at radius 1 is 0.509 bits per heavy atom. The SMILES string of the molecule is O=c1c2cscc2c2cccc3c2n1-c1ccccc1C31c2ccccc2N(c2ccccc2)c2ccc(-c3cccc4c3oc3ccccc34)cc21. The first-order valence-corrected chi connectivity index (χ1v) is 18.8. The van der Waals surface area contributed by atoms with Crippen molar-refractivity contribution in [1.29, 1.82) is 0 Å². The van der Waals surface area contributed by atoms with Crippen LogP contribution in [-0.2, 0) is 5.41 Å². The number of hydrogen-bond donors (Lipinski definition) is 0. The Labute approximate surface area is 308 Å². The second kappa shape index (κ2) is 10.4. The largest absolute Gasteiger partial charge is 0.455 e. The summed E-state index contributed by atoms with van der Waals surface area (Å²) in [5.41, 5.74) is 12.8. The van der Waals surface area contributed by atoms with E-state index in [9.17, 15) is 4.79 Å². The van der Waals surface area contributed by atoms with Crippen LogP contribution >= 0.6 is 11.3 Å². The normalized spacial score (nSPS) is 15.7. The number of fused-ring (bicyclic) bond motifs is 13. The first-order valence-electron chi connectivity index (χ1n) is 17.9. The number of hydrogen-bond acceptors (Lipinski definition) is 4. The summed E-state index contributed by atoms with van der Waals surface area (Å²) in [6.07, 6.45) is 0. The zero-order valence-corrected chi connectivity index (χ0v) is 29.1. The summed E-state index contributed by atoms with van der Waals surface area (Å²) in [5.74, 6) is 0. The van der Waals surface area contributed by atoms with Gasteiger partial charge in [-0.15, -0.1) is 0 Å². The molecule has 5 heteroatoms. The molecule has 0 saturated heterocycles. The van der Waals surface area contributed by atoms with Gasteiger partial charge in [0.2, 0.25) is 0 Å². The summed E-state index contributed by atoms with van der Waals surface area (Å²) in [6.45, 7) is 0. The van der Waals surface area contributed by atoms with Crippen LogP contribution < -0.4 is 10.5 Å². The van der Waals surface area contributed by atoms with Gasteiger partial charge >= 0.3 is 0 Å². The lowest BCUT2D eigenvalue weighted by molar-refractivity contribution is 0.670. The maximum atomic E-state index is 14.6. The summed E-state index contributed by atoms with van der Waals surface area (Å²) in [6, 6.07) is 56.2. The highest BCUT2D eigenvalue weighted by molar-refractivity contribution is 7.09. The van der Waals surface area contributed by atoms with Gasteiger partial charge in [0.25, 0.3) is 5.56 Å². The van der Waals surface area contributed by atoms with Crippen LogP contribution in [0.4, 0.5) is 17.1 Å². The smallest absolute Gasteiger partial charge is 0.264 e. The maximum absolute atomic E-state index is 14.6. The molecular weight excluding hydrogens is 669 g/mol. The van der Waals surface area contributed by atoms with E-state index in [0.717, 1.165) is 94.2 Å². The van der Waals surface area contributed by atoms with Crippen LogP contribution in [0, 0.1) is 0 Å². The van der Waals surface area contributed by atoms with Crippen molar-refractivity contribution in [2.24, 2.45) is 0 Å². The van der Waals surface area contributed by atoms with Crippen LogP contribution in [0.5, 0.6) is 0 Å². The van der Waals surface area contributed by atoms with Gasteiger partial charge in [-0.1, -0.05) is 115 Å². The number of thiophene rings is 1. The Morgan fingerprint density at radius 2 is 1.17 bits per heavy atom. The van der Waals surface area contributed by atoms with Gasteiger partial charge in [0.05, 0.1) is 33.4 Å². The van der Waals surface area contributed by atoms with E-state index in [1.54, 1.807) is 11.3 Å². The van der Waals surface area contributed by atoms with Crippen LogP contribution in [0.15, 0.2) is 178 Å². The molecule has 7 aromatic carbocycles. The fourth-order valence-corrected chi connectivity index (χ4v) is 10.2. The quantitative estimate of drug-likeness (QED) is 0.181. The molecule has 0 radical (unpaired) electrons. The van der Waals surface area contributed by atoms with Crippen molar-refractivity contribution in [2.45, 2.75) is 5.41 Å². The third kappa shape index (κ3) is 3.62. The summed E-state index contributed by atoms with van der Waals surface area (Å²) in [7, 11) is 0. The molecule has 10 aromatic rings. The number of aromatic nitrogens is 1. The number of rotatable bonds is 2. The highest BCUT2D eigenvalue weighted by atomic mass is 32.1. The number of furan rings is 1. The molecular formula is C48H28N2O2S. The van der Waals surface area contributed by atoms with Crippen molar-refractivity contribution >= 4 is 72.0 Å². The molecule has 1 spiro atoms. The number of anilines is 3. The fourth-order valence-electron chi connectivity index (χ4n) is 9.43. The van der Waals surface area contributed by atoms with E-state index < -0.39 is 5.41 Å². The molecule has 1 unspecified atom stereocenters. The molecule has 12 rings (SSSR count). The van der Waals surface area contributed by atoms with Crippen molar-refractivity contribution in [1.82, 2.24) is 4.57 Å². The van der Waals surface area contributed by atoms with Crippen LogP contribution in [0.3, 0.4) is 0 Å². The molecule has 53 heavy (non-hydrogen) atoms. The zero-order valence-electron chi connectivity index (χ0n) is 28.3. The molecule has 1 atom stereocenters. The molecule has 2 aliphatic rings. The molecule has 248 valence electrons. The topological polar surface area (TPSA) is 38.4 Å². The Morgan fingerprint density at radius 3 is 2.06 bits per heavy atom. The monoisotopic (exact) mass is 696 g/mol. The third-order valence-electron chi connectivity index (χ3n) is 11.5. The predicted octanol–water partition coefficient (Wildman–Crippen LogP) is 12.3. The lowest BCUT2D eigenvalue weighted by Gasteiger charge is -2.49. The lowest BCUT2D eigenvalue weighted by Crippen LogP contribution is -2.42. The van der Waals surface area contributed by atoms with E-state index in [4.69, 9.17) is 4.42 Å². The number of para-hydroxylation sites is 6. The lowest BCUT2D eigenvalue weighted by atomic mass is 9.60. The van der Waals surface area contributed by atoms with E-state index in [1.165, 1.54) is 5.56 Å². The molecule has 5 heterocycles. The molecule has 2 aliphatic heterocycles. The van der Waals surface area contributed by atoms with Gasteiger partial charge in [-0.05, 0) is 75.7 Å².